The van der Waals surface area contributed by atoms with Crippen LogP contribution in [-0.4, -0.2) is 0 Å². The standard InChI is InChI=1S/H2IP2.V/c1-3-2;/h2-3H;/q-1;. The molecular formula is H2IP2V-. The molecule has 0 aromatic heterocycles. The third-order valence-electron chi connectivity index (χ3n) is 0. The molecule has 0 N–H and O–H groups in total. The van der Waals surface area contributed by atoms with Crippen LogP contribution in [0.25, 0.3) is 0 Å². The fourth-order valence-electron chi connectivity index (χ4n) is 0. The quantitative estimate of drug-likeness (QED) is 0.450. The number of rotatable bonds is 0. The zero-order chi connectivity index (χ0) is 2.71. The van der Waals surface area contributed by atoms with Gasteiger partial charge in [0.15, 0.2) is 0 Å². The Bertz CT molecular complexity index is 6.00. The summed E-state index contributed by atoms with van der Waals surface area (Å²) >= 11 is 2.23. The molecule has 0 spiro atoms. The summed E-state index contributed by atoms with van der Waals surface area (Å²) in [7, 11) is 3.20. The summed E-state index contributed by atoms with van der Waals surface area (Å²) in [5, 5.41) is 0. The predicted molar refractivity (Wildman–Crippen MR) is 30.6 cm³/mol. The molecule has 0 fully saturated rings. The van der Waals surface area contributed by atoms with Gasteiger partial charge in [-0.2, -0.15) is 0 Å². The van der Waals surface area contributed by atoms with Gasteiger partial charge in [-0.15, -0.1) is 0 Å². The molecule has 0 aromatic rings. The van der Waals surface area contributed by atoms with Crippen LogP contribution >= 0.6 is 36.9 Å². The number of hydrogen-bond donors (Lipinski definition) is 0. The molecule has 0 bridgehead atoms. The second-order valence-electron chi connectivity index (χ2n) is 0.0945. The van der Waals surface area contributed by atoms with Crippen LogP contribution in [-0.2, 0) is 18.6 Å². The Kier molecular flexibility index (Phi) is 21.2. The van der Waals surface area contributed by atoms with Gasteiger partial charge in [0.2, 0.25) is 0 Å². The first kappa shape index (κ1) is 9.49. The van der Waals surface area contributed by atoms with Crippen molar-refractivity contribution in [2.75, 3.05) is 0 Å². The van der Waals surface area contributed by atoms with E-state index in [2.05, 4.69) is 31.0 Å². The molecule has 0 rings (SSSR count). The second-order valence-corrected chi connectivity index (χ2v) is 5.70. The monoisotopic (exact) mass is 242 g/mol. The van der Waals surface area contributed by atoms with E-state index < -0.39 is 0 Å². The van der Waals surface area contributed by atoms with E-state index in [4.69, 9.17) is 0 Å². The largest absolute Gasteiger partial charge is 0.519 e. The third kappa shape index (κ3) is 8.90. The van der Waals surface area contributed by atoms with E-state index in [1.54, 1.807) is 0 Å². The smallest absolute Gasteiger partial charge is 0 e. The molecule has 4 heavy (non-hydrogen) atoms. The summed E-state index contributed by atoms with van der Waals surface area (Å²) in [5.74, 6) is 0.859. The Morgan fingerprint density at radius 2 is 1.75 bits per heavy atom. The third-order valence-corrected chi connectivity index (χ3v) is 0. The first-order valence-electron chi connectivity index (χ1n) is 0.439. The maximum Gasteiger partial charge on any atom is 0 e. The minimum atomic E-state index is 0. The van der Waals surface area contributed by atoms with Gasteiger partial charge in [-0.3, -0.25) is 0 Å². The molecule has 1 radical (unpaired) electrons. The van der Waals surface area contributed by atoms with Gasteiger partial charge in [0.1, 0.15) is 0 Å². The molecule has 0 aromatic carbocycles. The first-order valence-corrected chi connectivity index (χ1v) is 6.05. The van der Waals surface area contributed by atoms with Gasteiger partial charge in [-0.25, -0.2) is 5.91 Å². The molecule has 1 atom stereocenters. The van der Waals surface area contributed by atoms with E-state index >= 15 is 0 Å². The van der Waals surface area contributed by atoms with Crippen LogP contribution in [0.5, 0.6) is 0 Å². The van der Waals surface area contributed by atoms with Crippen molar-refractivity contribution >= 4 is 36.9 Å². The summed E-state index contributed by atoms with van der Waals surface area (Å²) in [4.78, 5) is 0. The van der Waals surface area contributed by atoms with Gasteiger partial charge >= 0.3 is 0 Å². The maximum atomic E-state index is 3.20. The SMILES string of the molecule is [PH-]PI.[V]. The van der Waals surface area contributed by atoms with Crippen LogP contribution in [0, 0.1) is 0 Å². The molecule has 0 nitrogen and oxygen atoms in total. The minimum absolute atomic E-state index is 0. The topological polar surface area (TPSA) is 0 Å². The summed E-state index contributed by atoms with van der Waals surface area (Å²) in [6.45, 7) is 0. The van der Waals surface area contributed by atoms with Crippen molar-refractivity contribution in [3.05, 3.63) is 0 Å². The molecule has 0 aliphatic heterocycles. The fourth-order valence-corrected chi connectivity index (χ4v) is 0. The summed E-state index contributed by atoms with van der Waals surface area (Å²) in [5.41, 5.74) is 0. The van der Waals surface area contributed by atoms with E-state index in [0.29, 0.717) is 0 Å². The van der Waals surface area contributed by atoms with Crippen molar-refractivity contribution in [1.29, 1.82) is 0 Å². The Morgan fingerprint density at radius 1 is 1.75 bits per heavy atom. The van der Waals surface area contributed by atoms with E-state index in [-0.39, 0.29) is 18.6 Å². The maximum absolute atomic E-state index is 3.20. The van der Waals surface area contributed by atoms with Crippen molar-refractivity contribution in [1.82, 2.24) is 0 Å². The van der Waals surface area contributed by atoms with Crippen LogP contribution < -0.4 is 0 Å². The van der Waals surface area contributed by atoms with Crippen LogP contribution in [0.2, 0.25) is 0 Å². The van der Waals surface area contributed by atoms with Crippen LogP contribution in [0.15, 0.2) is 0 Å². The molecule has 0 amide bonds. The van der Waals surface area contributed by atoms with Gasteiger partial charge in [0, 0.05) is 18.6 Å². The van der Waals surface area contributed by atoms with E-state index in [1.807, 2.05) is 0 Å². The normalized spacial score (nSPS) is 7.50. The zero-order valence-electron chi connectivity index (χ0n) is 1.83. The van der Waals surface area contributed by atoms with E-state index in [0.717, 1.165) is 5.91 Å². The molecule has 1 unspecified atom stereocenters. The molecule has 0 heterocycles. The number of hydrogen-bond acceptors (Lipinski definition) is 0. The first-order chi connectivity index (χ1) is 1.41. The van der Waals surface area contributed by atoms with Crippen molar-refractivity contribution in [3.8, 4) is 0 Å². The van der Waals surface area contributed by atoms with Crippen LogP contribution in [0.4, 0.5) is 0 Å². The van der Waals surface area contributed by atoms with Gasteiger partial charge in [-0.1, -0.05) is 22.0 Å². The molecule has 0 aliphatic rings. The molecular weight excluding hydrogens is 240 g/mol. The Labute approximate surface area is 55.1 Å². The van der Waals surface area contributed by atoms with Crippen LogP contribution in [0.3, 0.4) is 0 Å². The van der Waals surface area contributed by atoms with Gasteiger partial charge < -0.3 is 8.93 Å². The van der Waals surface area contributed by atoms with E-state index in [9.17, 15) is 0 Å². The van der Waals surface area contributed by atoms with Crippen molar-refractivity contribution in [3.63, 3.8) is 0 Å². The number of halogens is 1. The van der Waals surface area contributed by atoms with Gasteiger partial charge in [0.25, 0.3) is 0 Å². The molecule has 25 valence electrons. The van der Waals surface area contributed by atoms with Crippen molar-refractivity contribution in [2.45, 2.75) is 0 Å². The average Bonchev–Trinajstić information content (AvgIpc) is 0.918. The molecule has 4 heteroatoms. The summed E-state index contributed by atoms with van der Waals surface area (Å²) < 4.78 is 0. The zero-order valence-corrected chi connectivity index (χ0v) is 7.38. The van der Waals surface area contributed by atoms with Crippen molar-refractivity contribution < 1.29 is 18.6 Å². The van der Waals surface area contributed by atoms with E-state index in [1.165, 1.54) is 0 Å². The Balaban J connectivity index is 0. The Morgan fingerprint density at radius 3 is 1.75 bits per heavy atom. The van der Waals surface area contributed by atoms with Gasteiger partial charge in [-0.05, 0) is 0 Å². The van der Waals surface area contributed by atoms with Crippen LogP contribution in [0.1, 0.15) is 0 Å². The molecule has 0 saturated heterocycles. The molecule has 0 aliphatic carbocycles. The average molecular weight is 242 g/mol. The second kappa shape index (κ2) is 8.95. The predicted octanol–water partition coefficient (Wildman–Crippen LogP) is 2.07. The fraction of sp³-hybridized carbons (Fsp3) is 0. The summed E-state index contributed by atoms with van der Waals surface area (Å²) in [6.07, 6.45) is 0. The van der Waals surface area contributed by atoms with Gasteiger partial charge in [0.05, 0.1) is 0 Å². The Hall–Kier alpha value is 2.17. The minimum Gasteiger partial charge on any atom is -0.519 e. The van der Waals surface area contributed by atoms with Crippen molar-refractivity contribution in [2.24, 2.45) is 0 Å². The molecule has 0 saturated carbocycles. The summed E-state index contributed by atoms with van der Waals surface area (Å²) in [6, 6.07) is 0.